The van der Waals surface area contributed by atoms with Gasteiger partial charge in [-0.15, -0.1) is 6.42 Å². The van der Waals surface area contributed by atoms with E-state index in [1.807, 2.05) is 0 Å². The van der Waals surface area contributed by atoms with E-state index in [1.54, 1.807) is 0 Å². The van der Waals surface area contributed by atoms with Gasteiger partial charge in [0.15, 0.2) is 0 Å². The molecule has 0 amide bonds. The van der Waals surface area contributed by atoms with Gasteiger partial charge in [0.1, 0.15) is 0 Å². The van der Waals surface area contributed by atoms with Crippen LogP contribution >= 0.6 is 0 Å². The standard InChI is InChI=1S/C17H33N3/c1-6-11-20-12-9-16(10-13-20)18-14-17(19(4)5)15(7-2)8-3/h1,15-18H,7-14H2,2-5H3. The Morgan fingerprint density at radius 2 is 1.85 bits per heavy atom. The Balaban J connectivity index is 2.36. The van der Waals surface area contributed by atoms with Crippen molar-refractivity contribution in [3.8, 4) is 12.3 Å². The van der Waals surface area contributed by atoms with Gasteiger partial charge in [0.05, 0.1) is 6.54 Å². The maximum Gasteiger partial charge on any atom is 0.0598 e. The van der Waals surface area contributed by atoms with Crippen LogP contribution in [0, 0.1) is 18.3 Å². The summed E-state index contributed by atoms with van der Waals surface area (Å²) in [6.07, 6.45) is 10.4. The van der Waals surface area contributed by atoms with E-state index in [-0.39, 0.29) is 0 Å². The van der Waals surface area contributed by atoms with Gasteiger partial charge in [-0.2, -0.15) is 0 Å². The lowest BCUT2D eigenvalue weighted by Crippen LogP contribution is -2.49. The first-order valence-electron chi connectivity index (χ1n) is 8.17. The zero-order chi connectivity index (χ0) is 15.0. The molecule has 20 heavy (non-hydrogen) atoms. The molecule has 3 heteroatoms. The molecule has 1 heterocycles. The summed E-state index contributed by atoms with van der Waals surface area (Å²) in [5, 5.41) is 3.79. The van der Waals surface area contributed by atoms with Crippen molar-refractivity contribution >= 4 is 0 Å². The molecule has 0 aromatic rings. The molecule has 1 atom stereocenters. The maximum absolute atomic E-state index is 5.38. The molecule has 0 radical (unpaired) electrons. The van der Waals surface area contributed by atoms with Gasteiger partial charge in [-0.05, 0) is 32.9 Å². The SMILES string of the molecule is C#CCN1CCC(NCC(C(CC)CC)N(C)C)CC1. The molecule has 0 aromatic carbocycles. The Kier molecular flexibility index (Phi) is 8.21. The van der Waals surface area contributed by atoms with Crippen molar-refractivity contribution in [2.24, 2.45) is 5.92 Å². The van der Waals surface area contributed by atoms with E-state index in [4.69, 9.17) is 6.42 Å². The molecule has 1 N–H and O–H groups in total. The second-order valence-corrected chi connectivity index (χ2v) is 6.27. The van der Waals surface area contributed by atoms with Crippen LogP contribution in [-0.2, 0) is 0 Å². The Morgan fingerprint density at radius 1 is 1.25 bits per heavy atom. The molecule has 1 fully saturated rings. The average Bonchev–Trinajstić information content (AvgIpc) is 2.45. The number of hydrogen-bond donors (Lipinski definition) is 1. The summed E-state index contributed by atoms with van der Waals surface area (Å²) in [7, 11) is 4.42. The van der Waals surface area contributed by atoms with Crippen molar-refractivity contribution in [3.05, 3.63) is 0 Å². The van der Waals surface area contributed by atoms with Crippen molar-refractivity contribution in [2.75, 3.05) is 40.3 Å². The smallest absolute Gasteiger partial charge is 0.0598 e. The third-order valence-electron chi connectivity index (χ3n) is 4.77. The normalized spacial score (nSPS) is 19.4. The van der Waals surface area contributed by atoms with Crippen LogP contribution in [0.4, 0.5) is 0 Å². The fourth-order valence-electron chi connectivity index (χ4n) is 3.32. The highest BCUT2D eigenvalue weighted by Gasteiger charge is 2.23. The van der Waals surface area contributed by atoms with Gasteiger partial charge in [-0.3, -0.25) is 4.90 Å². The monoisotopic (exact) mass is 279 g/mol. The number of nitrogens with zero attached hydrogens (tertiary/aromatic N) is 2. The van der Waals surface area contributed by atoms with Crippen molar-refractivity contribution in [2.45, 2.75) is 51.6 Å². The van der Waals surface area contributed by atoms with Gasteiger partial charge in [0.25, 0.3) is 0 Å². The molecule has 0 saturated carbocycles. The highest BCUT2D eigenvalue weighted by Crippen LogP contribution is 2.17. The van der Waals surface area contributed by atoms with Crippen molar-refractivity contribution < 1.29 is 0 Å². The van der Waals surface area contributed by atoms with Crippen LogP contribution in [0.2, 0.25) is 0 Å². The molecular weight excluding hydrogens is 246 g/mol. The second kappa shape index (κ2) is 9.39. The van der Waals surface area contributed by atoms with Crippen molar-refractivity contribution in [1.82, 2.24) is 15.1 Å². The predicted molar refractivity (Wildman–Crippen MR) is 87.8 cm³/mol. The third-order valence-corrected chi connectivity index (χ3v) is 4.77. The van der Waals surface area contributed by atoms with Gasteiger partial charge < -0.3 is 10.2 Å². The van der Waals surface area contributed by atoms with Crippen molar-refractivity contribution in [1.29, 1.82) is 0 Å². The van der Waals surface area contributed by atoms with Crippen LogP contribution in [0.15, 0.2) is 0 Å². The van der Waals surface area contributed by atoms with Crippen LogP contribution in [-0.4, -0.2) is 62.2 Å². The van der Waals surface area contributed by atoms with Crippen LogP contribution in [0.1, 0.15) is 39.5 Å². The Bertz CT molecular complexity index is 283. The highest BCUT2D eigenvalue weighted by atomic mass is 15.2. The molecular formula is C17H33N3. The van der Waals surface area contributed by atoms with Gasteiger partial charge >= 0.3 is 0 Å². The van der Waals surface area contributed by atoms with E-state index in [9.17, 15) is 0 Å². The van der Waals surface area contributed by atoms with Crippen LogP contribution in [0.5, 0.6) is 0 Å². The van der Waals surface area contributed by atoms with Gasteiger partial charge in [-0.1, -0.05) is 32.6 Å². The molecule has 1 unspecified atom stereocenters. The molecule has 3 nitrogen and oxygen atoms in total. The first-order chi connectivity index (χ1) is 9.62. The third kappa shape index (κ3) is 5.44. The lowest BCUT2D eigenvalue weighted by atomic mass is 9.92. The largest absolute Gasteiger partial charge is 0.312 e. The second-order valence-electron chi connectivity index (χ2n) is 6.27. The molecule has 0 aliphatic carbocycles. The molecule has 1 aliphatic rings. The summed E-state index contributed by atoms with van der Waals surface area (Å²) < 4.78 is 0. The van der Waals surface area contributed by atoms with E-state index in [2.05, 4.69) is 49.0 Å². The average molecular weight is 279 g/mol. The summed E-state index contributed by atoms with van der Waals surface area (Å²) in [5.74, 6) is 3.54. The van der Waals surface area contributed by atoms with E-state index >= 15 is 0 Å². The van der Waals surface area contributed by atoms with Gasteiger partial charge in [-0.25, -0.2) is 0 Å². The fourth-order valence-corrected chi connectivity index (χ4v) is 3.32. The summed E-state index contributed by atoms with van der Waals surface area (Å²) in [4.78, 5) is 4.76. The molecule has 1 rings (SSSR count). The van der Waals surface area contributed by atoms with E-state index in [0.29, 0.717) is 12.1 Å². The number of hydrogen-bond acceptors (Lipinski definition) is 3. The zero-order valence-corrected chi connectivity index (χ0v) is 13.9. The first kappa shape index (κ1) is 17.5. The van der Waals surface area contributed by atoms with Crippen LogP contribution in [0.3, 0.4) is 0 Å². The summed E-state index contributed by atoms with van der Waals surface area (Å²) in [5.41, 5.74) is 0. The Labute approximate surface area is 126 Å². The van der Waals surface area contributed by atoms with Gasteiger partial charge in [0, 0.05) is 31.7 Å². The number of likely N-dealkylation sites (N-methyl/N-ethyl adjacent to an activating group) is 1. The number of rotatable bonds is 8. The lowest BCUT2D eigenvalue weighted by molar-refractivity contribution is 0.170. The molecule has 0 bridgehead atoms. The number of nitrogens with one attached hydrogen (secondary N) is 1. The van der Waals surface area contributed by atoms with E-state index in [1.165, 1.54) is 25.7 Å². The lowest BCUT2D eigenvalue weighted by Gasteiger charge is -2.35. The summed E-state index contributed by atoms with van der Waals surface area (Å²) >= 11 is 0. The molecule has 0 spiro atoms. The minimum Gasteiger partial charge on any atom is -0.312 e. The van der Waals surface area contributed by atoms with E-state index in [0.717, 1.165) is 32.1 Å². The van der Waals surface area contributed by atoms with Crippen LogP contribution < -0.4 is 5.32 Å². The van der Waals surface area contributed by atoms with Crippen molar-refractivity contribution in [3.63, 3.8) is 0 Å². The minimum atomic E-state index is 0.647. The predicted octanol–water partition coefficient (Wildman–Crippen LogP) is 2.04. The molecule has 116 valence electrons. The number of terminal acetylenes is 1. The maximum atomic E-state index is 5.38. The molecule has 1 aliphatic heterocycles. The highest BCUT2D eigenvalue weighted by molar-refractivity contribution is 4.90. The van der Waals surface area contributed by atoms with Gasteiger partial charge in [0.2, 0.25) is 0 Å². The Hall–Kier alpha value is -0.560. The fraction of sp³-hybridized carbons (Fsp3) is 0.882. The zero-order valence-electron chi connectivity index (χ0n) is 13.9. The number of likely N-dealkylation sites (tertiary alicyclic amines) is 1. The molecule has 0 aromatic heterocycles. The minimum absolute atomic E-state index is 0.647. The quantitative estimate of drug-likeness (QED) is 0.686. The first-order valence-corrected chi connectivity index (χ1v) is 8.17. The summed E-state index contributed by atoms with van der Waals surface area (Å²) in [6, 6.07) is 1.31. The van der Waals surface area contributed by atoms with Crippen LogP contribution in [0.25, 0.3) is 0 Å². The number of piperidine rings is 1. The molecule has 1 saturated heterocycles. The topological polar surface area (TPSA) is 18.5 Å². The summed E-state index contributed by atoms with van der Waals surface area (Å²) in [6.45, 7) is 8.81. The Morgan fingerprint density at radius 3 is 2.30 bits per heavy atom. The van der Waals surface area contributed by atoms with E-state index < -0.39 is 0 Å².